The first-order valence-electron chi connectivity index (χ1n) is 11.0. The molecule has 5 rings (SSSR count). The molecular formula is C25H25N3O4S2. The zero-order valence-corrected chi connectivity index (χ0v) is 20.3. The molecule has 4 aromatic rings. The normalized spacial score (nSPS) is 15.0. The van der Waals surface area contributed by atoms with Crippen LogP contribution in [0, 0.1) is 6.92 Å². The van der Waals surface area contributed by atoms with E-state index in [1.54, 1.807) is 23.5 Å². The first kappa shape index (κ1) is 22.8. The van der Waals surface area contributed by atoms with Crippen molar-refractivity contribution in [1.82, 2.24) is 14.6 Å². The Hall–Kier alpha value is -2.98. The van der Waals surface area contributed by atoms with Gasteiger partial charge in [-0.05, 0) is 60.3 Å². The Bertz CT molecular complexity index is 1420. The lowest BCUT2D eigenvalue weighted by Crippen LogP contribution is -2.40. The molecular weight excluding hydrogens is 470 g/mol. The number of carbonyl (C=O) groups is 1. The Morgan fingerprint density at radius 1 is 1.09 bits per heavy atom. The van der Waals surface area contributed by atoms with Crippen LogP contribution >= 0.6 is 11.3 Å². The van der Waals surface area contributed by atoms with E-state index in [1.165, 1.54) is 10.4 Å². The Labute approximate surface area is 202 Å². The number of nitrogens with one attached hydrogen (secondary N) is 2. The molecule has 2 aromatic carbocycles. The quantitative estimate of drug-likeness (QED) is 0.420. The number of hydrogen-bond donors (Lipinski definition) is 2. The minimum Gasteiger partial charge on any atom is -0.379 e. The van der Waals surface area contributed by atoms with Gasteiger partial charge in [0.05, 0.1) is 24.7 Å². The second-order valence-corrected chi connectivity index (χ2v) is 11.5. The number of aromatic nitrogens is 1. The number of fused-ring (bicyclic) bond motifs is 1. The zero-order chi connectivity index (χ0) is 23.7. The summed E-state index contributed by atoms with van der Waals surface area (Å²) in [4.78, 5) is 18.6. The number of amides is 1. The summed E-state index contributed by atoms with van der Waals surface area (Å²) in [6.45, 7) is 3.62. The smallest absolute Gasteiger partial charge is 0.251 e. The molecule has 3 heterocycles. The van der Waals surface area contributed by atoms with E-state index in [1.807, 2.05) is 49.4 Å². The van der Waals surface area contributed by atoms with Gasteiger partial charge in [0.15, 0.2) is 0 Å². The Morgan fingerprint density at radius 3 is 2.62 bits per heavy atom. The van der Waals surface area contributed by atoms with Crippen LogP contribution in [0.2, 0.25) is 0 Å². The first-order chi connectivity index (χ1) is 16.4. The van der Waals surface area contributed by atoms with E-state index < -0.39 is 10.0 Å². The predicted octanol–water partition coefficient (Wildman–Crippen LogP) is 4.16. The van der Waals surface area contributed by atoms with Crippen molar-refractivity contribution in [3.63, 3.8) is 0 Å². The summed E-state index contributed by atoms with van der Waals surface area (Å²) in [6.07, 6.45) is 0. The largest absolute Gasteiger partial charge is 0.379 e. The van der Waals surface area contributed by atoms with Gasteiger partial charge in [0.2, 0.25) is 10.0 Å². The van der Waals surface area contributed by atoms with Crippen molar-refractivity contribution in [2.45, 2.75) is 18.4 Å². The van der Waals surface area contributed by atoms with E-state index in [9.17, 15) is 13.2 Å². The number of aryl methyl sites for hydroxylation is 1. The van der Waals surface area contributed by atoms with Crippen LogP contribution in [-0.4, -0.2) is 49.9 Å². The number of benzene rings is 2. The number of carbonyl (C=O) groups excluding carboxylic acids is 1. The third-order valence-corrected chi connectivity index (χ3v) is 8.75. The number of morpholine rings is 1. The standard InChI is InChI=1S/C25H25N3O4S2/c1-17-6-7-24(33-17)19-12-20(15-22(14-19)34(30,31)28-8-10-32-11-9-28)25(29)26-16-21-13-18-4-2-3-5-23(18)27-21/h2-7,12-15,27H,8-11,16H2,1H3,(H,26,29). The Morgan fingerprint density at radius 2 is 1.88 bits per heavy atom. The zero-order valence-electron chi connectivity index (χ0n) is 18.7. The van der Waals surface area contributed by atoms with Gasteiger partial charge in [-0.15, -0.1) is 11.3 Å². The minimum absolute atomic E-state index is 0.119. The van der Waals surface area contributed by atoms with Gasteiger partial charge in [0.25, 0.3) is 5.91 Å². The number of hydrogen-bond acceptors (Lipinski definition) is 5. The lowest BCUT2D eigenvalue weighted by atomic mass is 10.1. The fraction of sp³-hybridized carbons (Fsp3) is 0.240. The number of thiophene rings is 1. The predicted molar refractivity (Wildman–Crippen MR) is 134 cm³/mol. The van der Waals surface area contributed by atoms with Crippen molar-refractivity contribution < 1.29 is 17.9 Å². The number of para-hydroxylation sites is 1. The number of ether oxygens (including phenoxy) is 1. The second kappa shape index (κ2) is 9.34. The molecule has 1 aliphatic heterocycles. The van der Waals surface area contributed by atoms with Crippen molar-refractivity contribution in [2.24, 2.45) is 0 Å². The van der Waals surface area contributed by atoms with Crippen LogP contribution in [0.15, 0.2) is 65.6 Å². The molecule has 0 spiro atoms. The van der Waals surface area contributed by atoms with Crippen molar-refractivity contribution in [2.75, 3.05) is 26.3 Å². The Kier molecular flexibility index (Phi) is 6.26. The summed E-state index contributed by atoms with van der Waals surface area (Å²) >= 11 is 1.56. The highest BCUT2D eigenvalue weighted by Crippen LogP contribution is 2.31. The molecule has 7 nitrogen and oxygen atoms in total. The molecule has 0 unspecified atom stereocenters. The molecule has 34 heavy (non-hydrogen) atoms. The summed E-state index contributed by atoms with van der Waals surface area (Å²) in [6, 6.07) is 18.7. The van der Waals surface area contributed by atoms with Gasteiger partial charge in [-0.25, -0.2) is 8.42 Å². The van der Waals surface area contributed by atoms with Gasteiger partial charge in [0, 0.05) is 39.6 Å². The van der Waals surface area contributed by atoms with Gasteiger partial charge < -0.3 is 15.0 Å². The second-order valence-electron chi connectivity index (χ2n) is 8.24. The maximum absolute atomic E-state index is 13.4. The van der Waals surface area contributed by atoms with E-state index in [4.69, 9.17) is 4.74 Å². The molecule has 0 atom stereocenters. The molecule has 0 aliphatic carbocycles. The fourth-order valence-corrected chi connectivity index (χ4v) is 6.39. The molecule has 1 aliphatic rings. The maximum Gasteiger partial charge on any atom is 0.251 e. The minimum atomic E-state index is -3.75. The van der Waals surface area contributed by atoms with Crippen molar-refractivity contribution in [3.8, 4) is 10.4 Å². The number of H-pyrrole nitrogens is 1. The van der Waals surface area contributed by atoms with Gasteiger partial charge in [-0.3, -0.25) is 4.79 Å². The summed E-state index contributed by atoms with van der Waals surface area (Å²) < 4.78 is 33.5. The van der Waals surface area contributed by atoms with Crippen LogP contribution in [0.3, 0.4) is 0 Å². The lowest BCUT2D eigenvalue weighted by Gasteiger charge is -2.26. The van der Waals surface area contributed by atoms with Crippen molar-refractivity contribution >= 4 is 38.2 Å². The summed E-state index contributed by atoms with van der Waals surface area (Å²) in [5.41, 5.74) is 2.90. The average molecular weight is 496 g/mol. The SMILES string of the molecule is Cc1ccc(-c2cc(C(=O)NCc3cc4ccccc4[nH]3)cc(S(=O)(=O)N3CCOCC3)c2)s1. The van der Waals surface area contributed by atoms with E-state index in [-0.39, 0.29) is 10.8 Å². The number of sulfonamides is 1. The maximum atomic E-state index is 13.4. The lowest BCUT2D eigenvalue weighted by molar-refractivity contribution is 0.0730. The van der Waals surface area contributed by atoms with E-state index >= 15 is 0 Å². The molecule has 1 fully saturated rings. The number of nitrogens with zero attached hydrogens (tertiary/aromatic N) is 1. The van der Waals surface area contributed by atoms with Crippen molar-refractivity contribution in [1.29, 1.82) is 0 Å². The van der Waals surface area contributed by atoms with Crippen LogP contribution in [-0.2, 0) is 21.3 Å². The van der Waals surface area contributed by atoms with Gasteiger partial charge in [-0.2, -0.15) is 4.31 Å². The molecule has 0 saturated carbocycles. The van der Waals surface area contributed by atoms with Crippen LogP contribution in [0.25, 0.3) is 21.3 Å². The highest BCUT2D eigenvalue weighted by atomic mass is 32.2. The van der Waals surface area contributed by atoms with E-state index in [0.717, 1.165) is 26.4 Å². The summed E-state index contributed by atoms with van der Waals surface area (Å²) in [5, 5.41) is 3.99. The molecule has 1 saturated heterocycles. The molecule has 2 N–H and O–H groups in total. The van der Waals surface area contributed by atoms with Crippen LogP contribution in [0.5, 0.6) is 0 Å². The summed E-state index contributed by atoms with van der Waals surface area (Å²) in [5.74, 6) is -0.327. The topological polar surface area (TPSA) is 91.5 Å². The number of aromatic amines is 1. The van der Waals surface area contributed by atoms with Crippen molar-refractivity contribution in [3.05, 3.63) is 76.8 Å². The molecule has 9 heteroatoms. The Balaban J connectivity index is 1.46. The molecule has 0 radical (unpaired) electrons. The third-order valence-electron chi connectivity index (χ3n) is 5.83. The molecule has 1 amide bonds. The highest BCUT2D eigenvalue weighted by Gasteiger charge is 2.28. The number of rotatable bonds is 6. The molecule has 0 bridgehead atoms. The van der Waals surface area contributed by atoms with Gasteiger partial charge >= 0.3 is 0 Å². The van der Waals surface area contributed by atoms with Crippen LogP contribution in [0.1, 0.15) is 20.9 Å². The van der Waals surface area contributed by atoms with Crippen LogP contribution in [0.4, 0.5) is 0 Å². The molecule has 2 aromatic heterocycles. The van der Waals surface area contributed by atoms with Gasteiger partial charge in [-0.1, -0.05) is 18.2 Å². The third kappa shape index (κ3) is 4.65. The van der Waals surface area contributed by atoms with Gasteiger partial charge in [0.1, 0.15) is 0 Å². The summed E-state index contributed by atoms with van der Waals surface area (Å²) in [7, 11) is -3.75. The van der Waals surface area contributed by atoms with E-state index in [2.05, 4.69) is 10.3 Å². The van der Waals surface area contributed by atoms with E-state index in [0.29, 0.717) is 44.0 Å². The highest BCUT2D eigenvalue weighted by molar-refractivity contribution is 7.89. The van der Waals surface area contributed by atoms with Crippen LogP contribution < -0.4 is 5.32 Å². The molecule has 176 valence electrons. The monoisotopic (exact) mass is 495 g/mol. The fourth-order valence-electron chi connectivity index (χ4n) is 4.05. The first-order valence-corrected chi connectivity index (χ1v) is 13.3. The average Bonchev–Trinajstić information content (AvgIpc) is 3.48.